The van der Waals surface area contributed by atoms with Crippen LogP contribution in [0.4, 0.5) is 5.69 Å². The molecule has 0 spiro atoms. The van der Waals surface area contributed by atoms with Crippen LogP contribution in [0.2, 0.25) is 0 Å². The molecule has 1 aromatic heterocycles. The van der Waals surface area contributed by atoms with Gasteiger partial charge in [0.05, 0.1) is 12.2 Å². The zero-order valence-corrected chi connectivity index (χ0v) is 17.6. The Morgan fingerprint density at radius 1 is 1.23 bits per heavy atom. The van der Waals surface area contributed by atoms with Crippen molar-refractivity contribution in [1.29, 1.82) is 5.53 Å². The summed E-state index contributed by atoms with van der Waals surface area (Å²) < 4.78 is 5.95. The van der Waals surface area contributed by atoms with Crippen molar-refractivity contribution in [3.05, 3.63) is 76.7 Å². The average Bonchev–Trinajstić information content (AvgIpc) is 2.80. The molecule has 1 aliphatic rings. The van der Waals surface area contributed by atoms with Crippen molar-refractivity contribution in [3.8, 4) is 5.75 Å². The van der Waals surface area contributed by atoms with Crippen molar-refractivity contribution in [1.82, 2.24) is 9.88 Å². The molecule has 1 fully saturated rings. The van der Waals surface area contributed by atoms with Gasteiger partial charge in [-0.15, -0.1) is 0 Å². The van der Waals surface area contributed by atoms with Crippen LogP contribution >= 0.6 is 0 Å². The van der Waals surface area contributed by atoms with E-state index in [1.807, 2.05) is 48.5 Å². The predicted molar refractivity (Wildman–Crippen MR) is 123 cm³/mol. The highest BCUT2D eigenvalue weighted by Crippen LogP contribution is 2.21. The summed E-state index contributed by atoms with van der Waals surface area (Å²) in [5.74, 6) is 1.45. The van der Waals surface area contributed by atoms with Gasteiger partial charge in [0.2, 0.25) is 0 Å². The molecule has 4 rings (SSSR count). The first kappa shape index (κ1) is 20.8. The lowest BCUT2D eigenvalue weighted by atomic mass is 9.98. The maximum absolute atomic E-state index is 12.4. The second kappa shape index (κ2) is 9.57. The highest BCUT2D eigenvalue weighted by atomic mass is 16.5. The molecule has 0 radical (unpaired) electrons. The Morgan fingerprint density at radius 2 is 1.97 bits per heavy atom. The second-order valence-electron chi connectivity index (χ2n) is 7.97. The van der Waals surface area contributed by atoms with E-state index in [-0.39, 0.29) is 11.3 Å². The van der Waals surface area contributed by atoms with Crippen LogP contribution in [0.15, 0.2) is 70.7 Å². The second-order valence-corrected chi connectivity index (χ2v) is 7.97. The summed E-state index contributed by atoms with van der Waals surface area (Å²) in [7, 11) is 2.16. The number of ether oxygens (including phenoxy) is 1. The number of hydrogen-bond donors (Lipinski definition) is 3. The quantitative estimate of drug-likeness (QED) is 0.486. The smallest absolute Gasteiger partial charge is 0.258 e. The summed E-state index contributed by atoms with van der Waals surface area (Å²) in [6.07, 6.45) is 3.92. The summed E-state index contributed by atoms with van der Waals surface area (Å²) in [4.78, 5) is 17.6. The van der Waals surface area contributed by atoms with Gasteiger partial charge in [0, 0.05) is 17.4 Å². The van der Waals surface area contributed by atoms with E-state index < -0.39 is 0 Å². The molecule has 0 bridgehead atoms. The van der Waals surface area contributed by atoms with E-state index in [2.05, 4.69) is 27.4 Å². The lowest BCUT2D eigenvalue weighted by Crippen LogP contribution is -2.32. The van der Waals surface area contributed by atoms with Crippen LogP contribution in [0.1, 0.15) is 18.4 Å². The first-order valence-electron chi connectivity index (χ1n) is 10.5. The molecular weight excluding hydrogens is 390 g/mol. The van der Waals surface area contributed by atoms with Crippen molar-refractivity contribution < 1.29 is 4.74 Å². The third-order valence-electron chi connectivity index (χ3n) is 5.70. The summed E-state index contributed by atoms with van der Waals surface area (Å²) in [6.45, 7) is 3.01. The highest BCUT2D eigenvalue weighted by Gasteiger charge is 2.17. The fourth-order valence-corrected chi connectivity index (χ4v) is 3.75. The van der Waals surface area contributed by atoms with Gasteiger partial charge in [-0.2, -0.15) is 5.11 Å². The Bertz CT molecular complexity index is 1130. The number of fused-ring (bicyclic) bond motifs is 1. The van der Waals surface area contributed by atoms with E-state index in [0.29, 0.717) is 11.5 Å². The van der Waals surface area contributed by atoms with Crippen molar-refractivity contribution in [3.63, 3.8) is 0 Å². The number of hydrogen-bond acceptors (Lipinski definition) is 6. The summed E-state index contributed by atoms with van der Waals surface area (Å²) in [5.41, 5.74) is 9.41. The number of piperidine rings is 1. The number of para-hydroxylation sites is 1. The van der Waals surface area contributed by atoms with Crippen LogP contribution in [-0.4, -0.2) is 36.6 Å². The molecular formula is C24H27N5O2. The number of H-pyrrole nitrogens is 1. The number of rotatable bonds is 7. The van der Waals surface area contributed by atoms with Gasteiger partial charge in [0.1, 0.15) is 11.4 Å². The van der Waals surface area contributed by atoms with Gasteiger partial charge in [0.15, 0.2) is 0 Å². The van der Waals surface area contributed by atoms with Crippen LogP contribution in [0.25, 0.3) is 16.6 Å². The number of nitrogens with one attached hydrogen (secondary N) is 3. The number of likely N-dealkylation sites (tertiary alicyclic amines) is 1. The van der Waals surface area contributed by atoms with Crippen molar-refractivity contribution in [2.75, 3.05) is 32.1 Å². The topological polar surface area (TPSA) is 93.6 Å². The number of aromatic amines is 1. The van der Waals surface area contributed by atoms with E-state index in [0.717, 1.165) is 42.0 Å². The van der Waals surface area contributed by atoms with E-state index in [4.69, 9.17) is 10.3 Å². The molecule has 7 heteroatoms. The SMILES string of the molecule is CN1CCC(COc2ccc(N/C=C(\N=N)c3cc4ccccc4[nH]c3=O)cc2)CC1. The number of anilines is 1. The number of aromatic nitrogens is 1. The fraction of sp³-hybridized carbons (Fsp3) is 0.292. The normalized spacial score (nSPS) is 15.7. The lowest BCUT2D eigenvalue weighted by Gasteiger charge is -2.28. The summed E-state index contributed by atoms with van der Waals surface area (Å²) >= 11 is 0. The molecule has 2 aromatic carbocycles. The largest absolute Gasteiger partial charge is 0.493 e. The zero-order chi connectivity index (χ0) is 21.6. The van der Waals surface area contributed by atoms with E-state index in [1.165, 1.54) is 12.8 Å². The molecule has 31 heavy (non-hydrogen) atoms. The van der Waals surface area contributed by atoms with Gasteiger partial charge >= 0.3 is 0 Å². The first-order chi connectivity index (χ1) is 15.1. The van der Waals surface area contributed by atoms with Gasteiger partial charge in [-0.3, -0.25) is 4.79 Å². The molecule has 0 atom stereocenters. The molecule has 160 valence electrons. The summed E-state index contributed by atoms with van der Waals surface area (Å²) in [5, 5.41) is 7.55. The third kappa shape index (κ3) is 5.19. The fourth-order valence-electron chi connectivity index (χ4n) is 3.75. The van der Waals surface area contributed by atoms with E-state index >= 15 is 0 Å². The van der Waals surface area contributed by atoms with E-state index in [9.17, 15) is 4.79 Å². The monoisotopic (exact) mass is 417 g/mol. The van der Waals surface area contributed by atoms with Crippen molar-refractivity contribution in [2.24, 2.45) is 11.0 Å². The Balaban J connectivity index is 1.41. The maximum atomic E-state index is 12.4. The minimum atomic E-state index is -0.277. The molecule has 0 unspecified atom stereocenters. The van der Waals surface area contributed by atoms with Crippen LogP contribution in [0.5, 0.6) is 5.75 Å². The molecule has 0 saturated carbocycles. The number of nitrogens with zero attached hydrogens (tertiary/aromatic N) is 2. The minimum Gasteiger partial charge on any atom is -0.493 e. The van der Waals surface area contributed by atoms with Crippen LogP contribution < -0.4 is 15.6 Å². The maximum Gasteiger partial charge on any atom is 0.258 e. The molecule has 7 nitrogen and oxygen atoms in total. The molecule has 1 aliphatic heterocycles. The molecule has 3 aromatic rings. The first-order valence-corrected chi connectivity index (χ1v) is 10.5. The van der Waals surface area contributed by atoms with Gasteiger partial charge in [-0.25, -0.2) is 5.53 Å². The van der Waals surface area contributed by atoms with Crippen molar-refractivity contribution in [2.45, 2.75) is 12.8 Å². The molecule has 0 aliphatic carbocycles. The van der Waals surface area contributed by atoms with E-state index in [1.54, 1.807) is 12.3 Å². The van der Waals surface area contributed by atoms with Crippen LogP contribution in [0, 0.1) is 11.4 Å². The molecule has 1 saturated heterocycles. The standard InChI is InChI=1S/C24H27N5O2/c1-29-12-10-17(11-13-29)16-31-20-8-6-19(7-9-20)26-15-23(28-25)21-14-18-4-2-3-5-22(18)27-24(21)30/h2-9,14-15,17,25-26H,10-13,16H2,1H3,(H,27,30)/b23-15-,28-25?. The Kier molecular flexibility index (Phi) is 6.43. The molecule has 3 N–H and O–H groups in total. The third-order valence-corrected chi connectivity index (χ3v) is 5.70. The lowest BCUT2D eigenvalue weighted by molar-refractivity contribution is 0.160. The van der Waals surface area contributed by atoms with Gasteiger partial charge < -0.3 is 19.9 Å². The number of benzene rings is 2. The number of pyridine rings is 1. The van der Waals surface area contributed by atoms with Crippen LogP contribution in [0.3, 0.4) is 0 Å². The van der Waals surface area contributed by atoms with Gasteiger partial charge in [-0.05, 0) is 80.7 Å². The Labute approximate surface area is 181 Å². The van der Waals surface area contributed by atoms with Crippen LogP contribution in [-0.2, 0) is 0 Å². The highest BCUT2D eigenvalue weighted by molar-refractivity contribution is 5.82. The van der Waals surface area contributed by atoms with Crippen molar-refractivity contribution >= 4 is 22.3 Å². The Morgan fingerprint density at radius 3 is 2.71 bits per heavy atom. The molecule has 0 amide bonds. The summed E-state index contributed by atoms with van der Waals surface area (Å²) in [6, 6.07) is 16.9. The van der Waals surface area contributed by atoms with Gasteiger partial charge in [0.25, 0.3) is 5.56 Å². The van der Waals surface area contributed by atoms with Gasteiger partial charge in [-0.1, -0.05) is 18.2 Å². The Hall–Kier alpha value is -3.45. The predicted octanol–water partition coefficient (Wildman–Crippen LogP) is 4.69. The molecule has 2 heterocycles. The minimum absolute atomic E-state index is 0.259. The zero-order valence-electron chi connectivity index (χ0n) is 17.6. The average molecular weight is 418 g/mol.